The third kappa shape index (κ3) is 2.79. The summed E-state index contributed by atoms with van der Waals surface area (Å²) in [7, 11) is 0. The Morgan fingerprint density at radius 3 is 1.83 bits per heavy atom. The van der Waals surface area contributed by atoms with Gasteiger partial charge in [-0.05, 0) is 34.9 Å². The predicted octanol–water partition coefficient (Wildman–Crippen LogP) is 6.69. The summed E-state index contributed by atoms with van der Waals surface area (Å²) in [5, 5.41) is 0. The molecule has 2 aliphatic rings. The number of hydrogen-bond acceptors (Lipinski definition) is 1. The fourth-order valence-corrected chi connectivity index (χ4v) is 7.15. The molecule has 2 heteroatoms. The summed E-state index contributed by atoms with van der Waals surface area (Å²) in [5.41, 5.74) is 9.71. The SMILES string of the molecule is c1ccc(C2=C(c3ccccc3)C[S+]3c4ccccc4-c4ccccc4N3C2)cc1. The second-order valence-electron chi connectivity index (χ2n) is 7.75. The van der Waals surface area contributed by atoms with Crippen LogP contribution in [0.1, 0.15) is 11.1 Å². The number of nitrogens with zero attached hydrogens (tertiary/aromatic N) is 1. The van der Waals surface area contributed by atoms with Crippen LogP contribution in [-0.4, -0.2) is 12.3 Å². The largest absolute Gasteiger partial charge is 0.189 e. The summed E-state index contributed by atoms with van der Waals surface area (Å²) < 4.78 is 2.65. The standard InChI is InChI=1S/C28H22NS/c1-3-11-21(12-4-1)25-19-29-27-17-9-7-15-23(27)24-16-8-10-18-28(24)30(29)20-26(25)22-13-5-2-6-14-22/h1-18H,19-20H2/q+1. The van der Waals surface area contributed by atoms with Crippen molar-refractivity contribution < 1.29 is 0 Å². The topological polar surface area (TPSA) is 3.24 Å². The van der Waals surface area contributed by atoms with Crippen LogP contribution in [0.4, 0.5) is 5.69 Å². The van der Waals surface area contributed by atoms with Crippen molar-refractivity contribution in [3.63, 3.8) is 0 Å². The molecule has 0 aromatic heterocycles. The lowest BCUT2D eigenvalue weighted by atomic mass is 9.94. The van der Waals surface area contributed by atoms with Crippen LogP contribution in [0.5, 0.6) is 0 Å². The Kier molecular flexibility index (Phi) is 4.24. The van der Waals surface area contributed by atoms with Crippen LogP contribution in [0.15, 0.2) is 114 Å². The summed E-state index contributed by atoms with van der Waals surface area (Å²) in [5.74, 6) is 1.04. The molecular weight excluding hydrogens is 382 g/mol. The Balaban J connectivity index is 1.58. The maximum Gasteiger partial charge on any atom is 0.189 e. The second-order valence-corrected chi connectivity index (χ2v) is 9.65. The quantitative estimate of drug-likeness (QED) is 0.336. The molecule has 144 valence electrons. The van der Waals surface area contributed by atoms with E-state index in [-0.39, 0.29) is 11.1 Å². The first kappa shape index (κ1) is 17.6. The third-order valence-corrected chi connectivity index (χ3v) is 8.35. The zero-order valence-corrected chi connectivity index (χ0v) is 17.5. The van der Waals surface area contributed by atoms with Crippen molar-refractivity contribution in [3.05, 3.63) is 120 Å². The Hall–Kier alpha value is -3.23. The highest BCUT2D eigenvalue weighted by Crippen LogP contribution is 2.48. The van der Waals surface area contributed by atoms with Crippen LogP contribution in [-0.2, 0) is 11.1 Å². The van der Waals surface area contributed by atoms with Crippen LogP contribution in [0, 0.1) is 0 Å². The molecule has 0 N–H and O–H groups in total. The molecule has 2 aliphatic heterocycles. The molecule has 4 aromatic rings. The van der Waals surface area contributed by atoms with Crippen LogP contribution < -0.4 is 4.31 Å². The molecule has 0 radical (unpaired) electrons. The van der Waals surface area contributed by atoms with Gasteiger partial charge in [-0.3, -0.25) is 0 Å². The Morgan fingerprint density at radius 2 is 1.10 bits per heavy atom. The molecule has 0 fully saturated rings. The number of anilines is 1. The lowest BCUT2D eigenvalue weighted by Crippen LogP contribution is -2.41. The Labute approximate surface area is 180 Å². The van der Waals surface area contributed by atoms with Crippen LogP contribution in [0.3, 0.4) is 0 Å². The van der Waals surface area contributed by atoms with Crippen molar-refractivity contribution in [2.75, 3.05) is 16.6 Å². The van der Waals surface area contributed by atoms with Gasteiger partial charge in [0, 0.05) is 16.7 Å². The molecule has 0 bridgehead atoms. The van der Waals surface area contributed by atoms with E-state index in [0.717, 1.165) is 12.3 Å². The highest BCUT2D eigenvalue weighted by molar-refractivity contribution is 7.99. The van der Waals surface area contributed by atoms with Gasteiger partial charge >= 0.3 is 0 Å². The molecule has 2 heterocycles. The van der Waals surface area contributed by atoms with Gasteiger partial charge in [0.05, 0.1) is 12.2 Å². The molecule has 6 rings (SSSR count). The summed E-state index contributed by atoms with van der Waals surface area (Å²) in [4.78, 5) is 1.47. The van der Waals surface area contributed by atoms with Gasteiger partial charge in [0.25, 0.3) is 0 Å². The van der Waals surface area contributed by atoms with E-state index in [1.807, 2.05) is 0 Å². The minimum Gasteiger partial charge on any atom is -0.184 e. The molecule has 1 unspecified atom stereocenters. The van der Waals surface area contributed by atoms with Gasteiger partial charge in [-0.1, -0.05) is 91.0 Å². The van der Waals surface area contributed by atoms with Gasteiger partial charge in [-0.25, -0.2) is 0 Å². The Bertz CT molecular complexity index is 1140. The number of fused-ring (bicyclic) bond motifs is 6. The molecule has 1 nitrogen and oxygen atoms in total. The molecule has 0 amide bonds. The fraction of sp³-hybridized carbons (Fsp3) is 0.0714. The maximum atomic E-state index is 2.65. The minimum absolute atomic E-state index is 0.0115. The highest BCUT2D eigenvalue weighted by Gasteiger charge is 2.44. The van der Waals surface area contributed by atoms with Crippen molar-refractivity contribution >= 4 is 27.9 Å². The monoisotopic (exact) mass is 404 g/mol. The van der Waals surface area contributed by atoms with E-state index in [2.05, 4.69) is 113 Å². The van der Waals surface area contributed by atoms with E-state index in [1.165, 1.54) is 44.0 Å². The molecule has 30 heavy (non-hydrogen) atoms. The molecule has 0 saturated heterocycles. The molecule has 0 saturated carbocycles. The average molecular weight is 405 g/mol. The van der Waals surface area contributed by atoms with E-state index in [9.17, 15) is 0 Å². The predicted molar refractivity (Wildman–Crippen MR) is 129 cm³/mol. The molecule has 1 atom stereocenters. The lowest BCUT2D eigenvalue weighted by molar-refractivity contribution is 1.15. The van der Waals surface area contributed by atoms with Gasteiger partial charge in [-0.15, -0.1) is 0 Å². The number of para-hydroxylation sites is 1. The van der Waals surface area contributed by atoms with Gasteiger partial charge in [-0.2, -0.15) is 4.31 Å². The van der Waals surface area contributed by atoms with Crippen LogP contribution >= 0.6 is 0 Å². The first-order chi connectivity index (χ1) is 14.9. The van der Waals surface area contributed by atoms with Gasteiger partial charge in [0.2, 0.25) is 0 Å². The highest BCUT2D eigenvalue weighted by atomic mass is 32.2. The van der Waals surface area contributed by atoms with Crippen molar-refractivity contribution in [3.8, 4) is 11.1 Å². The van der Waals surface area contributed by atoms with Gasteiger partial charge in [0.15, 0.2) is 10.6 Å². The summed E-state index contributed by atoms with van der Waals surface area (Å²) in [6.45, 7) is 0.933. The number of benzene rings is 4. The van der Waals surface area contributed by atoms with Crippen LogP contribution in [0.25, 0.3) is 22.3 Å². The van der Waals surface area contributed by atoms with Crippen LogP contribution in [0.2, 0.25) is 0 Å². The lowest BCUT2D eigenvalue weighted by Gasteiger charge is -2.36. The first-order valence-electron chi connectivity index (χ1n) is 10.4. The normalized spacial score (nSPS) is 17.2. The van der Waals surface area contributed by atoms with E-state index in [0.29, 0.717) is 0 Å². The molecule has 4 aromatic carbocycles. The maximum absolute atomic E-state index is 2.65. The summed E-state index contributed by atoms with van der Waals surface area (Å²) in [6, 6.07) is 39.7. The van der Waals surface area contributed by atoms with Crippen molar-refractivity contribution in [1.29, 1.82) is 0 Å². The van der Waals surface area contributed by atoms with Gasteiger partial charge in [0.1, 0.15) is 11.1 Å². The van der Waals surface area contributed by atoms with Crippen molar-refractivity contribution in [2.24, 2.45) is 0 Å². The van der Waals surface area contributed by atoms with E-state index < -0.39 is 0 Å². The molecule has 0 spiro atoms. The summed E-state index contributed by atoms with van der Waals surface area (Å²) in [6.07, 6.45) is 0. The molecule has 0 aliphatic carbocycles. The number of rotatable bonds is 2. The first-order valence-corrected chi connectivity index (χ1v) is 11.7. The minimum atomic E-state index is 0.0115. The van der Waals surface area contributed by atoms with E-state index in [4.69, 9.17) is 0 Å². The van der Waals surface area contributed by atoms with E-state index in [1.54, 1.807) is 0 Å². The van der Waals surface area contributed by atoms with E-state index >= 15 is 0 Å². The second kappa shape index (κ2) is 7.23. The smallest absolute Gasteiger partial charge is 0.184 e. The molecular formula is C28H22NS+. The van der Waals surface area contributed by atoms with Gasteiger partial charge < -0.3 is 0 Å². The van der Waals surface area contributed by atoms with Crippen molar-refractivity contribution in [2.45, 2.75) is 4.90 Å². The number of hydrogen-bond donors (Lipinski definition) is 0. The summed E-state index contributed by atoms with van der Waals surface area (Å²) >= 11 is 0.0115. The third-order valence-electron chi connectivity index (χ3n) is 6.06. The fourth-order valence-electron chi connectivity index (χ4n) is 4.63. The zero-order valence-electron chi connectivity index (χ0n) is 16.7. The zero-order chi connectivity index (χ0) is 19.9. The van der Waals surface area contributed by atoms with Crippen molar-refractivity contribution in [1.82, 2.24) is 0 Å². The Morgan fingerprint density at radius 1 is 0.533 bits per heavy atom. The average Bonchev–Trinajstić information content (AvgIpc) is 2.84.